The molecule has 0 radical (unpaired) electrons. The normalized spacial score (nSPS) is 38.7. The Balaban J connectivity index is 1.46. The van der Waals surface area contributed by atoms with Crippen molar-refractivity contribution in [1.29, 1.82) is 0 Å². The van der Waals surface area contributed by atoms with Gasteiger partial charge in [0.2, 0.25) is 0 Å². The van der Waals surface area contributed by atoms with E-state index in [9.17, 15) is 0 Å². The van der Waals surface area contributed by atoms with E-state index in [0.29, 0.717) is 0 Å². The fraction of sp³-hybridized carbons (Fsp3) is 0.667. The quantitative estimate of drug-likeness (QED) is 0.849. The minimum Gasteiger partial charge on any atom is -0.311 e. The van der Waals surface area contributed by atoms with Crippen LogP contribution in [0.3, 0.4) is 0 Å². The molecule has 2 fully saturated rings. The van der Waals surface area contributed by atoms with E-state index in [0.717, 1.165) is 29.8 Å². The highest BCUT2D eigenvalue weighted by Crippen LogP contribution is 2.38. The predicted molar refractivity (Wildman–Crippen MR) is 81.3 cm³/mol. The molecule has 1 heteroatoms. The molecule has 19 heavy (non-hydrogen) atoms. The van der Waals surface area contributed by atoms with Crippen molar-refractivity contribution in [3.63, 3.8) is 0 Å². The van der Waals surface area contributed by atoms with E-state index >= 15 is 0 Å². The van der Waals surface area contributed by atoms with Gasteiger partial charge in [0.15, 0.2) is 0 Å². The molecule has 1 N–H and O–H groups in total. The monoisotopic (exact) mass is 257 g/mol. The third kappa shape index (κ3) is 3.20. The molecule has 0 aromatic heterocycles. The first-order valence-electron chi connectivity index (χ1n) is 8.01. The molecule has 0 aliphatic heterocycles. The molecule has 2 aliphatic rings. The van der Waals surface area contributed by atoms with Gasteiger partial charge in [-0.2, -0.15) is 0 Å². The zero-order chi connectivity index (χ0) is 13.2. The molecule has 0 amide bonds. The van der Waals surface area contributed by atoms with Crippen molar-refractivity contribution in [3.05, 3.63) is 35.9 Å². The van der Waals surface area contributed by atoms with E-state index in [2.05, 4.69) is 49.5 Å². The van der Waals surface area contributed by atoms with E-state index < -0.39 is 0 Å². The highest BCUT2D eigenvalue weighted by atomic mass is 15.0. The van der Waals surface area contributed by atoms with E-state index in [1.807, 2.05) is 0 Å². The molecule has 2 aliphatic carbocycles. The summed E-state index contributed by atoms with van der Waals surface area (Å²) in [5, 5.41) is 3.92. The second kappa shape index (κ2) is 5.66. The van der Waals surface area contributed by atoms with Gasteiger partial charge in [-0.05, 0) is 55.4 Å². The van der Waals surface area contributed by atoms with Crippen LogP contribution < -0.4 is 5.32 Å². The van der Waals surface area contributed by atoms with Gasteiger partial charge in [-0.25, -0.2) is 0 Å². The lowest BCUT2D eigenvalue weighted by Crippen LogP contribution is -2.47. The first-order chi connectivity index (χ1) is 9.20. The molecule has 2 saturated carbocycles. The maximum Gasteiger partial charge on any atom is 0.00813 e. The second-order valence-electron chi connectivity index (χ2n) is 7.06. The smallest absolute Gasteiger partial charge is 0.00813 e. The lowest BCUT2D eigenvalue weighted by molar-refractivity contribution is 0.188. The van der Waals surface area contributed by atoms with Crippen molar-refractivity contribution in [3.8, 4) is 0 Å². The molecule has 1 aromatic carbocycles. The summed E-state index contributed by atoms with van der Waals surface area (Å²) in [5.74, 6) is 2.62. The van der Waals surface area contributed by atoms with Crippen LogP contribution in [-0.2, 0) is 0 Å². The molecule has 104 valence electrons. The highest BCUT2D eigenvalue weighted by molar-refractivity contribution is 5.22. The van der Waals surface area contributed by atoms with Gasteiger partial charge >= 0.3 is 0 Å². The molecule has 2 atom stereocenters. The van der Waals surface area contributed by atoms with Crippen LogP contribution in [0.15, 0.2) is 30.3 Å². The van der Waals surface area contributed by atoms with E-state index in [1.165, 1.54) is 37.7 Å². The average molecular weight is 257 g/mol. The molecule has 1 aromatic rings. The van der Waals surface area contributed by atoms with E-state index in [-0.39, 0.29) is 0 Å². The first kappa shape index (κ1) is 13.2. The Labute approximate surface area is 117 Å². The van der Waals surface area contributed by atoms with Crippen LogP contribution in [0.5, 0.6) is 0 Å². The summed E-state index contributed by atoms with van der Waals surface area (Å²) in [6, 6.07) is 12.6. The lowest BCUT2D eigenvalue weighted by Gasteiger charge is -2.41. The largest absolute Gasteiger partial charge is 0.311 e. The molecule has 0 spiro atoms. The minimum atomic E-state index is 0.771. The summed E-state index contributed by atoms with van der Waals surface area (Å²) in [5.41, 5.74) is 1.53. The van der Waals surface area contributed by atoms with Crippen LogP contribution in [0.4, 0.5) is 0 Å². The van der Waals surface area contributed by atoms with Gasteiger partial charge in [0.05, 0.1) is 0 Å². The van der Waals surface area contributed by atoms with Crippen molar-refractivity contribution >= 4 is 0 Å². The van der Waals surface area contributed by atoms with Crippen molar-refractivity contribution in [1.82, 2.24) is 5.32 Å². The number of rotatable bonds is 3. The van der Waals surface area contributed by atoms with Gasteiger partial charge in [0.1, 0.15) is 0 Å². The van der Waals surface area contributed by atoms with Crippen LogP contribution in [-0.4, -0.2) is 12.1 Å². The average Bonchev–Trinajstić information content (AvgIpc) is 2.33. The van der Waals surface area contributed by atoms with Crippen molar-refractivity contribution in [2.24, 2.45) is 11.8 Å². The second-order valence-corrected chi connectivity index (χ2v) is 7.06. The summed E-state index contributed by atoms with van der Waals surface area (Å²) >= 11 is 0. The number of hydrogen-bond donors (Lipinski definition) is 1. The van der Waals surface area contributed by atoms with E-state index in [1.54, 1.807) is 0 Å². The van der Waals surface area contributed by atoms with Crippen molar-refractivity contribution < 1.29 is 0 Å². The lowest BCUT2D eigenvalue weighted by atomic mass is 9.74. The number of hydrogen-bond acceptors (Lipinski definition) is 1. The van der Waals surface area contributed by atoms with Crippen molar-refractivity contribution in [2.45, 2.75) is 64.0 Å². The Morgan fingerprint density at radius 1 is 0.789 bits per heavy atom. The van der Waals surface area contributed by atoms with Gasteiger partial charge in [-0.15, -0.1) is 0 Å². The topological polar surface area (TPSA) is 12.0 Å². The Morgan fingerprint density at radius 3 is 2.00 bits per heavy atom. The van der Waals surface area contributed by atoms with Gasteiger partial charge in [-0.1, -0.05) is 44.2 Å². The molecule has 3 rings (SSSR count). The Morgan fingerprint density at radius 2 is 1.37 bits per heavy atom. The summed E-state index contributed by atoms with van der Waals surface area (Å²) < 4.78 is 0. The SMILES string of the molecule is CC1CC(C)CC(NC2CC(c3ccccc3)C2)C1. The molecule has 2 unspecified atom stereocenters. The molecular weight excluding hydrogens is 230 g/mol. The maximum absolute atomic E-state index is 3.92. The standard InChI is InChI=1S/C18H27N/c1-13-8-14(2)10-17(9-13)19-18-11-16(12-18)15-6-4-3-5-7-15/h3-7,13-14,16-19H,8-12H2,1-2H3. The van der Waals surface area contributed by atoms with Gasteiger partial charge in [0, 0.05) is 12.1 Å². The summed E-state index contributed by atoms with van der Waals surface area (Å²) in [7, 11) is 0. The van der Waals surface area contributed by atoms with Crippen LogP contribution in [0.25, 0.3) is 0 Å². The Kier molecular flexibility index (Phi) is 3.93. The Bertz CT molecular complexity index is 383. The summed E-state index contributed by atoms with van der Waals surface area (Å²) in [6.07, 6.45) is 6.87. The van der Waals surface area contributed by atoms with E-state index in [4.69, 9.17) is 0 Å². The predicted octanol–water partition coefficient (Wildman–Crippen LogP) is 4.35. The molecular formula is C18H27N. The first-order valence-corrected chi connectivity index (χ1v) is 8.01. The number of benzene rings is 1. The summed E-state index contributed by atoms with van der Waals surface area (Å²) in [4.78, 5) is 0. The highest BCUT2D eigenvalue weighted by Gasteiger charge is 2.33. The minimum absolute atomic E-state index is 0.771. The third-order valence-electron chi connectivity index (χ3n) is 5.06. The summed E-state index contributed by atoms with van der Waals surface area (Å²) in [6.45, 7) is 4.83. The zero-order valence-corrected chi connectivity index (χ0v) is 12.3. The zero-order valence-electron chi connectivity index (χ0n) is 12.3. The molecule has 0 bridgehead atoms. The van der Waals surface area contributed by atoms with Crippen LogP contribution in [0.2, 0.25) is 0 Å². The van der Waals surface area contributed by atoms with Crippen LogP contribution in [0, 0.1) is 11.8 Å². The van der Waals surface area contributed by atoms with Crippen LogP contribution >= 0.6 is 0 Å². The van der Waals surface area contributed by atoms with Gasteiger partial charge in [-0.3, -0.25) is 0 Å². The third-order valence-corrected chi connectivity index (χ3v) is 5.06. The van der Waals surface area contributed by atoms with Gasteiger partial charge < -0.3 is 5.32 Å². The van der Waals surface area contributed by atoms with Crippen molar-refractivity contribution in [2.75, 3.05) is 0 Å². The molecule has 1 nitrogen and oxygen atoms in total. The molecule has 0 heterocycles. The van der Waals surface area contributed by atoms with Gasteiger partial charge in [0.25, 0.3) is 0 Å². The Hall–Kier alpha value is -0.820. The fourth-order valence-corrected chi connectivity index (χ4v) is 4.17. The number of nitrogens with one attached hydrogen (secondary N) is 1. The maximum atomic E-state index is 3.92. The van der Waals surface area contributed by atoms with Crippen LogP contribution in [0.1, 0.15) is 57.4 Å². The fourth-order valence-electron chi connectivity index (χ4n) is 4.17. The molecule has 0 saturated heterocycles.